The van der Waals surface area contributed by atoms with Gasteiger partial charge >= 0.3 is 0 Å². The normalized spacial score (nSPS) is 11.0. The maximum Gasteiger partial charge on any atom is 0.0717 e. The fourth-order valence-corrected chi connectivity index (χ4v) is 1.93. The first-order chi connectivity index (χ1) is 8.58. The second-order valence-electron chi connectivity index (χ2n) is 4.90. The number of aliphatic hydroxyl groups excluding tert-OH is 1. The Morgan fingerprint density at radius 1 is 1.22 bits per heavy atom. The number of anilines is 1. The summed E-state index contributed by atoms with van der Waals surface area (Å²) < 4.78 is 0. The van der Waals surface area contributed by atoms with Crippen molar-refractivity contribution in [2.75, 3.05) is 38.6 Å². The summed E-state index contributed by atoms with van der Waals surface area (Å²) in [7, 11) is 4.16. The Bertz CT molecular complexity index is 366. The van der Waals surface area contributed by atoms with Crippen LogP contribution in [0.15, 0.2) is 12.3 Å². The van der Waals surface area contributed by atoms with Gasteiger partial charge < -0.3 is 14.9 Å². The third-order valence-corrected chi connectivity index (χ3v) is 2.92. The summed E-state index contributed by atoms with van der Waals surface area (Å²) in [5.41, 5.74) is 3.02. The number of rotatable bonds is 7. The minimum Gasteiger partial charge on any atom is -0.392 e. The van der Waals surface area contributed by atoms with E-state index in [2.05, 4.69) is 41.9 Å². The molecule has 0 amide bonds. The first kappa shape index (κ1) is 14.9. The van der Waals surface area contributed by atoms with Crippen molar-refractivity contribution in [2.24, 2.45) is 0 Å². The Hall–Kier alpha value is -1.13. The molecule has 18 heavy (non-hydrogen) atoms. The summed E-state index contributed by atoms with van der Waals surface area (Å²) in [4.78, 5) is 8.76. The predicted molar refractivity (Wildman–Crippen MR) is 76.0 cm³/mol. The van der Waals surface area contributed by atoms with E-state index in [1.54, 1.807) is 6.20 Å². The van der Waals surface area contributed by atoms with Crippen LogP contribution in [0.25, 0.3) is 0 Å². The predicted octanol–water partition coefficient (Wildman–Crippen LogP) is 1.66. The topological polar surface area (TPSA) is 39.6 Å². The van der Waals surface area contributed by atoms with Gasteiger partial charge in [-0.1, -0.05) is 6.92 Å². The third kappa shape index (κ3) is 4.27. The Labute approximate surface area is 110 Å². The summed E-state index contributed by atoms with van der Waals surface area (Å²) >= 11 is 0. The van der Waals surface area contributed by atoms with Gasteiger partial charge in [-0.15, -0.1) is 0 Å². The molecule has 0 radical (unpaired) electrons. The molecule has 1 aromatic rings. The maximum atomic E-state index is 9.43. The number of likely N-dealkylation sites (N-methyl/N-ethyl adjacent to an activating group) is 1. The van der Waals surface area contributed by atoms with Crippen molar-refractivity contribution in [3.8, 4) is 0 Å². The summed E-state index contributed by atoms with van der Waals surface area (Å²) in [6.45, 7) is 7.19. The van der Waals surface area contributed by atoms with Crippen LogP contribution in [0.2, 0.25) is 0 Å². The van der Waals surface area contributed by atoms with Gasteiger partial charge in [0.25, 0.3) is 0 Å². The van der Waals surface area contributed by atoms with Crippen molar-refractivity contribution >= 4 is 5.69 Å². The molecule has 0 aliphatic rings. The molecule has 0 spiro atoms. The standard InChI is InChI=1S/C14H25N3O/c1-5-6-17(8-7-16(3)4)14-9-12(2)15-10-13(14)11-18/h9-10,18H,5-8,11H2,1-4H3. The van der Waals surface area contributed by atoms with Crippen molar-refractivity contribution in [3.05, 3.63) is 23.5 Å². The lowest BCUT2D eigenvalue weighted by Gasteiger charge is -2.28. The molecule has 1 heterocycles. The Kier molecular flexibility index (Phi) is 6.09. The molecular formula is C14H25N3O. The van der Waals surface area contributed by atoms with E-state index in [9.17, 15) is 5.11 Å². The van der Waals surface area contributed by atoms with Crippen LogP contribution in [0.4, 0.5) is 5.69 Å². The van der Waals surface area contributed by atoms with Gasteiger partial charge in [0, 0.05) is 42.8 Å². The minimum absolute atomic E-state index is 0.0464. The summed E-state index contributed by atoms with van der Waals surface area (Å²) in [5.74, 6) is 0. The highest BCUT2D eigenvalue weighted by molar-refractivity contribution is 5.53. The van der Waals surface area contributed by atoms with Crippen LogP contribution in [0, 0.1) is 6.92 Å². The van der Waals surface area contributed by atoms with Crippen LogP contribution < -0.4 is 4.90 Å². The van der Waals surface area contributed by atoms with Gasteiger partial charge in [-0.2, -0.15) is 0 Å². The van der Waals surface area contributed by atoms with Crippen LogP contribution in [-0.4, -0.2) is 48.7 Å². The Morgan fingerprint density at radius 2 is 1.94 bits per heavy atom. The van der Waals surface area contributed by atoms with E-state index in [4.69, 9.17) is 0 Å². The van der Waals surface area contributed by atoms with Gasteiger partial charge in [0.2, 0.25) is 0 Å². The number of hydrogen-bond donors (Lipinski definition) is 1. The summed E-state index contributed by atoms with van der Waals surface area (Å²) in [6.07, 6.45) is 2.88. The van der Waals surface area contributed by atoms with E-state index in [0.29, 0.717) is 0 Å². The molecule has 0 fully saturated rings. The quantitative estimate of drug-likeness (QED) is 0.800. The highest BCUT2D eigenvalue weighted by Gasteiger charge is 2.11. The average Bonchev–Trinajstić information content (AvgIpc) is 2.34. The van der Waals surface area contributed by atoms with E-state index < -0.39 is 0 Å². The number of pyridine rings is 1. The molecule has 0 atom stereocenters. The molecule has 0 unspecified atom stereocenters. The molecular weight excluding hydrogens is 226 g/mol. The molecule has 4 nitrogen and oxygen atoms in total. The van der Waals surface area contributed by atoms with Crippen molar-refractivity contribution in [2.45, 2.75) is 26.9 Å². The Balaban J connectivity index is 2.92. The van der Waals surface area contributed by atoms with Crippen molar-refractivity contribution < 1.29 is 5.11 Å². The van der Waals surface area contributed by atoms with Crippen molar-refractivity contribution in [1.29, 1.82) is 0 Å². The van der Waals surface area contributed by atoms with Crippen LogP contribution in [-0.2, 0) is 6.61 Å². The second kappa shape index (κ2) is 7.34. The molecule has 0 saturated carbocycles. The average molecular weight is 251 g/mol. The molecule has 1 N–H and O–H groups in total. The van der Waals surface area contributed by atoms with Gasteiger partial charge in [0.1, 0.15) is 0 Å². The molecule has 0 aliphatic heterocycles. The number of aryl methyl sites for hydroxylation is 1. The van der Waals surface area contributed by atoms with Crippen molar-refractivity contribution in [1.82, 2.24) is 9.88 Å². The van der Waals surface area contributed by atoms with Crippen LogP contribution in [0.5, 0.6) is 0 Å². The SMILES string of the molecule is CCCN(CCN(C)C)c1cc(C)ncc1CO. The first-order valence-corrected chi connectivity index (χ1v) is 6.54. The largest absolute Gasteiger partial charge is 0.392 e. The molecule has 0 aromatic carbocycles. The monoisotopic (exact) mass is 251 g/mol. The highest BCUT2D eigenvalue weighted by atomic mass is 16.3. The lowest BCUT2D eigenvalue weighted by Crippen LogP contribution is -2.33. The molecule has 0 aliphatic carbocycles. The molecule has 102 valence electrons. The summed E-state index contributed by atoms with van der Waals surface area (Å²) in [5, 5.41) is 9.43. The zero-order chi connectivity index (χ0) is 13.5. The molecule has 0 bridgehead atoms. The first-order valence-electron chi connectivity index (χ1n) is 6.54. The Morgan fingerprint density at radius 3 is 2.50 bits per heavy atom. The molecule has 0 saturated heterocycles. The maximum absolute atomic E-state index is 9.43. The lowest BCUT2D eigenvalue weighted by atomic mass is 10.2. The van der Waals surface area contributed by atoms with Crippen LogP contribution >= 0.6 is 0 Å². The smallest absolute Gasteiger partial charge is 0.0717 e. The van der Waals surface area contributed by atoms with Gasteiger partial charge in [-0.25, -0.2) is 0 Å². The number of nitrogens with zero attached hydrogens (tertiary/aromatic N) is 3. The number of aromatic nitrogens is 1. The second-order valence-corrected chi connectivity index (χ2v) is 4.90. The fraction of sp³-hybridized carbons (Fsp3) is 0.643. The fourth-order valence-electron chi connectivity index (χ4n) is 1.93. The third-order valence-electron chi connectivity index (χ3n) is 2.92. The zero-order valence-electron chi connectivity index (χ0n) is 12.0. The van der Waals surface area contributed by atoms with Crippen molar-refractivity contribution in [3.63, 3.8) is 0 Å². The highest BCUT2D eigenvalue weighted by Crippen LogP contribution is 2.21. The van der Waals surface area contributed by atoms with E-state index in [-0.39, 0.29) is 6.61 Å². The van der Waals surface area contributed by atoms with Gasteiger partial charge in [-0.3, -0.25) is 4.98 Å². The minimum atomic E-state index is 0.0464. The van der Waals surface area contributed by atoms with E-state index in [1.165, 1.54) is 0 Å². The van der Waals surface area contributed by atoms with E-state index in [1.807, 2.05) is 6.92 Å². The molecule has 4 heteroatoms. The van der Waals surface area contributed by atoms with E-state index in [0.717, 1.165) is 43.0 Å². The van der Waals surface area contributed by atoms with E-state index >= 15 is 0 Å². The number of hydrogen-bond acceptors (Lipinski definition) is 4. The van der Waals surface area contributed by atoms with Crippen LogP contribution in [0.3, 0.4) is 0 Å². The van der Waals surface area contributed by atoms with Gasteiger partial charge in [0.05, 0.1) is 6.61 Å². The zero-order valence-corrected chi connectivity index (χ0v) is 12.0. The summed E-state index contributed by atoms with van der Waals surface area (Å²) in [6, 6.07) is 2.07. The van der Waals surface area contributed by atoms with Gasteiger partial charge in [-0.05, 0) is 33.5 Å². The van der Waals surface area contributed by atoms with Gasteiger partial charge in [0.15, 0.2) is 0 Å². The molecule has 1 rings (SSSR count). The van der Waals surface area contributed by atoms with Crippen LogP contribution in [0.1, 0.15) is 24.6 Å². The number of aliphatic hydroxyl groups is 1. The lowest BCUT2D eigenvalue weighted by molar-refractivity contribution is 0.281. The molecule has 1 aromatic heterocycles.